The lowest BCUT2D eigenvalue weighted by atomic mass is 10.1. The van der Waals surface area contributed by atoms with Gasteiger partial charge in [0.2, 0.25) is 5.91 Å². The highest BCUT2D eigenvalue weighted by atomic mass is 32.1. The van der Waals surface area contributed by atoms with Gasteiger partial charge in [-0.05, 0) is 48.1 Å². The molecule has 3 rings (SSSR count). The van der Waals surface area contributed by atoms with Gasteiger partial charge in [0, 0.05) is 6.04 Å². The number of unbranched alkanes of at least 4 members (excludes halogenated alkanes) is 1. The van der Waals surface area contributed by atoms with Gasteiger partial charge in [-0.15, -0.1) is 0 Å². The Kier molecular flexibility index (Phi) is 4.65. The molecule has 3 unspecified atom stereocenters. The van der Waals surface area contributed by atoms with Crippen LogP contribution in [0, 0.1) is 5.92 Å². The Morgan fingerprint density at radius 2 is 2.29 bits per heavy atom. The van der Waals surface area contributed by atoms with Gasteiger partial charge >= 0.3 is 0 Å². The summed E-state index contributed by atoms with van der Waals surface area (Å²) in [7, 11) is 0. The normalized spacial score (nSPS) is 27.3. The summed E-state index contributed by atoms with van der Waals surface area (Å²) in [5.74, 6) is 1.17. The highest BCUT2D eigenvalue weighted by Crippen LogP contribution is 2.38. The van der Waals surface area contributed by atoms with Gasteiger partial charge in [-0.25, -0.2) is 0 Å². The summed E-state index contributed by atoms with van der Waals surface area (Å²) in [6.07, 6.45) is 7.16. The first-order valence-corrected chi connectivity index (χ1v) is 9.25. The molecule has 1 saturated carbocycles. The zero-order valence-electron chi connectivity index (χ0n) is 13.0. The van der Waals surface area contributed by atoms with Crippen molar-refractivity contribution in [2.24, 2.45) is 5.92 Å². The van der Waals surface area contributed by atoms with Crippen molar-refractivity contribution in [3.63, 3.8) is 0 Å². The van der Waals surface area contributed by atoms with E-state index in [0.29, 0.717) is 11.9 Å². The third-order valence-corrected chi connectivity index (χ3v) is 5.44. The maximum Gasteiger partial charge on any atom is 0.241 e. The minimum Gasteiger partial charge on any atom is -0.319 e. The first-order valence-electron chi connectivity index (χ1n) is 8.31. The van der Waals surface area contributed by atoms with E-state index >= 15 is 0 Å². The molecule has 2 heterocycles. The zero-order valence-corrected chi connectivity index (χ0v) is 13.9. The van der Waals surface area contributed by atoms with Crippen LogP contribution in [-0.2, 0) is 4.79 Å². The van der Waals surface area contributed by atoms with E-state index in [2.05, 4.69) is 40.9 Å². The van der Waals surface area contributed by atoms with Gasteiger partial charge in [0.1, 0.15) is 6.17 Å². The van der Waals surface area contributed by atoms with E-state index in [1.54, 1.807) is 11.3 Å². The fourth-order valence-corrected chi connectivity index (χ4v) is 4.05. The van der Waals surface area contributed by atoms with Crippen molar-refractivity contribution in [1.29, 1.82) is 0 Å². The van der Waals surface area contributed by atoms with Crippen molar-refractivity contribution < 1.29 is 4.79 Å². The van der Waals surface area contributed by atoms with E-state index in [0.717, 1.165) is 31.6 Å². The van der Waals surface area contributed by atoms with Gasteiger partial charge in [0.25, 0.3) is 0 Å². The molecule has 1 N–H and O–H groups in total. The molecule has 1 saturated heterocycles. The van der Waals surface area contributed by atoms with E-state index < -0.39 is 0 Å². The van der Waals surface area contributed by atoms with Crippen LogP contribution >= 0.6 is 11.3 Å². The Hall–Kier alpha value is -0.870. The lowest BCUT2D eigenvalue weighted by Crippen LogP contribution is -2.38. The molecule has 21 heavy (non-hydrogen) atoms. The molecule has 4 heteroatoms. The van der Waals surface area contributed by atoms with Crippen molar-refractivity contribution in [3.05, 3.63) is 22.4 Å². The average Bonchev–Trinajstić information content (AvgIpc) is 3.01. The molecular formula is C17H26N2OS. The van der Waals surface area contributed by atoms with Crippen LogP contribution in [0.5, 0.6) is 0 Å². The molecule has 0 spiro atoms. The van der Waals surface area contributed by atoms with E-state index in [9.17, 15) is 4.79 Å². The lowest BCUT2D eigenvalue weighted by Gasteiger charge is -2.30. The maximum absolute atomic E-state index is 12.8. The number of nitrogens with one attached hydrogen (secondary N) is 1. The summed E-state index contributed by atoms with van der Waals surface area (Å²) in [5.41, 5.74) is 1.25. The quantitative estimate of drug-likeness (QED) is 0.828. The SMILES string of the molecule is CCCCC1NC(c2ccsc2)N(C(C)CC2CC2)C1=O. The van der Waals surface area contributed by atoms with Crippen molar-refractivity contribution >= 4 is 17.2 Å². The van der Waals surface area contributed by atoms with Gasteiger partial charge in [-0.3, -0.25) is 10.1 Å². The van der Waals surface area contributed by atoms with Crippen LogP contribution in [-0.4, -0.2) is 22.9 Å². The fourth-order valence-electron chi connectivity index (χ4n) is 3.37. The van der Waals surface area contributed by atoms with Gasteiger partial charge < -0.3 is 4.90 Å². The van der Waals surface area contributed by atoms with Crippen molar-refractivity contribution in [2.75, 3.05) is 0 Å². The first kappa shape index (κ1) is 15.0. The monoisotopic (exact) mass is 306 g/mol. The first-order chi connectivity index (χ1) is 10.2. The van der Waals surface area contributed by atoms with Crippen LogP contribution < -0.4 is 5.32 Å². The third-order valence-electron chi connectivity index (χ3n) is 4.74. The van der Waals surface area contributed by atoms with Crippen LogP contribution in [0.4, 0.5) is 0 Å². The highest BCUT2D eigenvalue weighted by molar-refractivity contribution is 7.07. The molecule has 1 aliphatic carbocycles. The minimum atomic E-state index is 0.0107. The number of carbonyl (C=O) groups is 1. The second kappa shape index (κ2) is 6.49. The molecule has 0 radical (unpaired) electrons. The van der Waals surface area contributed by atoms with E-state index in [1.165, 1.54) is 18.4 Å². The predicted molar refractivity (Wildman–Crippen MR) is 87.2 cm³/mol. The highest BCUT2D eigenvalue weighted by Gasteiger charge is 2.42. The summed E-state index contributed by atoms with van der Waals surface area (Å²) >= 11 is 1.71. The lowest BCUT2D eigenvalue weighted by molar-refractivity contribution is -0.132. The standard InChI is InChI=1S/C17H26N2OS/c1-3-4-5-15-17(20)19(12(2)10-13-6-7-13)16(18-15)14-8-9-21-11-14/h8-9,11-13,15-16,18H,3-7,10H2,1-2H3. The van der Waals surface area contributed by atoms with E-state index in [-0.39, 0.29) is 12.2 Å². The van der Waals surface area contributed by atoms with Crippen molar-refractivity contribution in [1.82, 2.24) is 10.2 Å². The van der Waals surface area contributed by atoms with Gasteiger partial charge in [-0.2, -0.15) is 11.3 Å². The van der Waals surface area contributed by atoms with Crippen LogP contribution in [0.2, 0.25) is 0 Å². The molecular weight excluding hydrogens is 280 g/mol. The van der Waals surface area contributed by atoms with Crippen LogP contribution in [0.1, 0.15) is 64.1 Å². The topological polar surface area (TPSA) is 32.3 Å². The molecule has 3 atom stereocenters. The van der Waals surface area contributed by atoms with E-state index in [4.69, 9.17) is 0 Å². The molecule has 3 nitrogen and oxygen atoms in total. The van der Waals surface area contributed by atoms with Gasteiger partial charge in [0.05, 0.1) is 6.04 Å². The summed E-state index contributed by atoms with van der Waals surface area (Å²) in [6.45, 7) is 4.41. The molecule has 0 bridgehead atoms. The maximum atomic E-state index is 12.8. The second-order valence-corrected chi connectivity index (χ2v) is 7.37. The van der Waals surface area contributed by atoms with Gasteiger partial charge in [-0.1, -0.05) is 32.6 Å². The Morgan fingerprint density at radius 3 is 2.90 bits per heavy atom. The summed E-state index contributed by atoms with van der Waals surface area (Å²) in [5, 5.41) is 7.86. The number of rotatable bonds is 7. The average molecular weight is 306 g/mol. The number of nitrogens with zero attached hydrogens (tertiary/aromatic N) is 1. The largest absolute Gasteiger partial charge is 0.319 e. The Balaban J connectivity index is 1.75. The number of hydrogen-bond donors (Lipinski definition) is 1. The molecule has 2 fully saturated rings. The second-order valence-electron chi connectivity index (χ2n) is 6.59. The Labute approximate surface area is 131 Å². The number of hydrogen-bond acceptors (Lipinski definition) is 3. The number of amides is 1. The number of carbonyl (C=O) groups excluding carboxylic acids is 1. The molecule has 1 aliphatic heterocycles. The van der Waals surface area contributed by atoms with Crippen molar-refractivity contribution in [2.45, 2.75) is 70.6 Å². The molecule has 1 amide bonds. The summed E-state index contributed by atoms with van der Waals surface area (Å²) in [6, 6.07) is 2.50. The molecule has 2 aliphatic rings. The molecule has 0 aromatic carbocycles. The molecule has 1 aromatic heterocycles. The predicted octanol–water partition coefficient (Wildman–Crippen LogP) is 3.93. The van der Waals surface area contributed by atoms with E-state index in [1.807, 2.05) is 0 Å². The third kappa shape index (κ3) is 3.32. The van der Waals surface area contributed by atoms with Crippen LogP contribution in [0.25, 0.3) is 0 Å². The summed E-state index contributed by atoms with van der Waals surface area (Å²) in [4.78, 5) is 15.0. The van der Waals surface area contributed by atoms with Crippen molar-refractivity contribution in [3.8, 4) is 0 Å². The zero-order chi connectivity index (χ0) is 14.8. The van der Waals surface area contributed by atoms with Crippen LogP contribution in [0.15, 0.2) is 16.8 Å². The summed E-state index contributed by atoms with van der Waals surface area (Å²) < 4.78 is 0. The minimum absolute atomic E-state index is 0.0107. The number of thiophene rings is 1. The smallest absolute Gasteiger partial charge is 0.241 e. The van der Waals surface area contributed by atoms with Gasteiger partial charge in [0.15, 0.2) is 0 Å². The van der Waals surface area contributed by atoms with Crippen LogP contribution in [0.3, 0.4) is 0 Å². The Bertz CT molecular complexity index is 469. The Morgan fingerprint density at radius 1 is 1.48 bits per heavy atom. The molecule has 116 valence electrons. The fraction of sp³-hybridized carbons (Fsp3) is 0.706. The molecule has 1 aromatic rings.